The van der Waals surface area contributed by atoms with E-state index in [4.69, 9.17) is 0 Å². The molecule has 0 saturated carbocycles. The third-order valence-electron chi connectivity index (χ3n) is 7.88. The van der Waals surface area contributed by atoms with Gasteiger partial charge in [0.2, 0.25) is 0 Å². The zero-order valence-corrected chi connectivity index (χ0v) is 22.5. The van der Waals surface area contributed by atoms with E-state index in [-0.39, 0.29) is 0 Å². The zero-order valence-electron chi connectivity index (χ0n) is 22.5. The van der Waals surface area contributed by atoms with Crippen molar-refractivity contribution in [2.45, 2.75) is 130 Å². The highest BCUT2D eigenvalue weighted by Gasteiger charge is 2.33. The van der Waals surface area contributed by atoms with Gasteiger partial charge in [0, 0.05) is 5.56 Å². The molecule has 1 rings (SSSR count). The van der Waals surface area contributed by atoms with Crippen LogP contribution in [0.25, 0.3) is 0 Å². The highest BCUT2D eigenvalue weighted by molar-refractivity contribution is 5.36. The Bertz CT molecular complexity index is 589. The predicted octanol–water partition coefficient (Wildman–Crippen LogP) is 7.42. The van der Waals surface area contributed by atoms with E-state index in [1.165, 1.54) is 63.7 Å². The minimum atomic E-state index is -0.834. The lowest BCUT2D eigenvalue weighted by molar-refractivity contribution is -0.941. The Morgan fingerprint density at radius 2 is 0.938 bits per heavy atom. The number of nitrogens with zero attached hydrogens (tertiary/aromatic N) is 1. The Hall–Kier alpha value is -0.900. The van der Waals surface area contributed by atoms with Crippen molar-refractivity contribution in [3.63, 3.8) is 0 Å². The van der Waals surface area contributed by atoms with E-state index in [1.54, 1.807) is 0 Å². The first-order valence-corrected chi connectivity index (χ1v) is 13.7. The summed E-state index contributed by atoms with van der Waals surface area (Å²) in [6.45, 7) is 19.8. The molecule has 0 atom stereocenters. The van der Waals surface area contributed by atoms with Gasteiger partial charge in [0.1, 0.15) is 6.54 Å². The molecule has 32 heavy (non-hydrogen) atoms. The molecule has 3 heteroatoms. The van der Waals surface area contributed by atoms with Crippen molar-refractivity contribution >= 4 is 0 Å². The first kappa shape index (κ1) is 29.1. The lowest BCUT2D eigenvalue weighted by atomic mass is 9.81. The number of hydrogen-bond donors (Lipinski definition) is 2. The van der Waals surface area contributed by atoms with Crippen LogP contribution in [0.5, 0.6) is 0 Å². The van der Waals surface area contributed by atoms with Gasteiger partial charge in [0.05, 0.1) is 30.8 Å². The summed E-state index contributed by atoms with van der Waals surface area (Å²) in [5.41, 5.74) is 1.57. The molecule has 0 spiro atoms. The Morgan fingerprint density at radius 3 is 1.22 bits per heavy atom. The van der Waals surface area contributed by atoms with Crippen LogP contribution in [-0.2, 0) is 17.7 Å². The Balaban J connectivity index is 3.58. The normalized spacial score (nSPS) is 13.0. The molecule has 1 aromatic rings. The molecule has 0 unspecified atom stereocenters. The van der Waals surface area contributed by atoms with Crippen molar-refractivity contribution in [1.29, 1.82) is 0 Å². The first-order chi connectivity index (χ1) is 15.2. The van der Waals surface area contributed by atoms with E-state index in [0.717, 1.165) is 22.2 Å². The minimum Gasteiger partial charge on any atom is -0.385 e. The molecule has 0 aromatic heterocycles. The third kappa shape index (κ3) is 7.57. The lowest BCUT2D eigenvalue weighted by Gasteiger charge is -2.40. The van der Waals surface area contributed by atoms with E-state index in [2.05, 4.69) is 66.7 Å². The fraction of sp³-hybridized carbons (Fsp3) is 0.793. The molecule has 0 aliphatic carbocycles. The molecule has 186 valence electrons. The van der Waals surface area contributed by atoms with Gasteiger partial charge in [-0.2, -0.15) is 0 Å². The molecular formula is C29H54NO2+. The second-order valence-corrected chi connectivity index (χ2v) is 10.1. The molecule has 0 saturated heterocycles. The Morgan fingerprint density at radius 1 is 0.594 bits per heavy atom. The van der Waals surface area contributed by atoms with Gasteiger partial charge in [0.15, 0.2) is 0 Å². The molecule has 0 aliphatic rings. The van der Waals surface area contributed by atoms with Gasteiger partial charge in [-0.05, 0) is 68.2 Å². The molecular weight excluding hydrogens is 394 g/mol. The fourth-order valence-electron chi connectivity index (χ4n) is 5.08. The highest BCUT2D eigenvalue weighted by atomic mass is 16.3. The van der Waals surface area contributed by atoms with Gasteiger partial charge < -0.3 is 14.7 Å². The van der Waals surface area contributed by atoms with Crippen molar-refractivity contribution in [2.75, 3.05) is 19.6 Å². The van der Waals surface area contributed by atoms with Crippen LogP contribution in [-0.4, -0.2) is 34.3 Å². The van der Waals surface area contributed by atoms with Crippen LogP contribution in [0, 0.1) is 0 Å². The minimum absolute atomic E-state index is 0.685. The topological polar surface area (TPSA) is 40.5 Å². The smallest absolute Gasteiger partial charge is 0.104 e. The van der Waals surface area contributed by atoms with Crippen molar-refractivity contribution in [3.05, 3.63) is 34.9 Å². The number of hydrogen-bond acceptors (Lipinski definition) is 2. The SMILES string of the molecule is CCCC[N+](CCCC)(CCCC)Cc1cc(C(O)(CC)CC)cc(C(O)(CC)CC)c1. The maximum absolute atomic E-state index is 11.4. The van der Waals surface area contributed by atoms with E-state index >= 15 is 0 Å². The van der Waals surface area contributed by atoms with Crippen molar-refractivity contribution < 1.29 is 14.7 Å². The molecule has 0 aliphatic heterocycles. The second kappa shape index (κ2) is 13.7. The van der Waals surface area contributed by atoms with Crippen LogP contribution in [0.4, 0.5) is 0 Å². The van der Waals surface area contributed by atoms with Gasteiger partial charge in [-0.3, -0.25) is 0 Å². The summed E-state index contributed by atoms with van der Waals surface area (Å²) in [4.78, 5) is 0. The molecule has 0 amide bonds. The molecule has 1 aromatic carbocycles. The number of benzene rings is 1. The summed E-state index contributed by atoms with van der Waals surface area (Å²) < 4.78 is 1.13. The van der Waals surface area contributed by atoms with Crippen LogP contribution in [0.3, 0.4) is 0 Å². The maximum atomic E-state index is 11.4. The van der Waals surface area contributed by atoms with Crippen LogP contribution in [0.15, 0.2) is 18.2 Å². The Kier molecular flexibility index (Phi) is 12.5. The summed E-state index contributed by atoms with van der Waals surface area (Å²) >= 11 is 0. The Labute approximate surface area is 199 Å². The van der Waals surface area contributed by atoms with Crippen LogP contribution in [0.1, 0.15) is 129 Å². The van der Waals surface area contributed by atoms with Gasteiger partial charge in [-0.25, -0.2) is 0 Å². The van der Waals surface area contributed by atoms with Gasteiger partial charge in [-0.15, -0.1) is 0 Å². The van der Waals surface area contributed by atoms with Crippen LogP contribution >= 0.6 is 0 Å². The summed E-state index contributed by atoms with van der Waals surface area (Å²) in [7, 11) is 0. The summed E-state index contributed by atoms with van der Waals surface area (Å²) in [6.07, 6.45) is 10.2. The van der Waals surface area contributed by atoms with Crippen molar-refractivity contribution in [1.82, 2.24) is 0 Å². The van der Waals surface area contributed by atoms with Gasteiger partial charge >= 0.3 is 0 Å². The maximum Gasteiger partial charge on any atom is 0.104 e. The van der Waals surface area contributed by atoms with Gasteiger partial charge in [-0.1, -0.05) is 73.8 Å². The molecule has 0 heterocycles. The first-order valence-electron chi connectivity index (χ1n) is 13.7. The summed E-state index contributed by atoms with van der Waals surface area (Å²) in [6, 6.07) is 6.58. The molecule has 3 nitrogen and oxygen atoms in total. The van der Waals surface area contributed by atoms with Crippen molar-refractivity contribution in [3.8, 4) is 0 Å². The average Bonchev–Trinajstić information content (AvgIpc) is 2.83. The van der Waals surface area contributed by atoms with Crippen LogP contribution in [0.2, 0.25) is 0 Å². The number of rotatable bonds is 17. The fourth-order valence-corrected chi connectivity index (χ4v) is 5.08. The van der Waals surface area contributed by atoms with Gasteiger partial charge in [0.25, 0.3) is 0 Å². The number of aliphatic hydroxyl groups is 2. The summed E-state index contributed by atoms with van der Waals surface area (Å²) in [5.74, 6) is 0. The zero-order chi connectivity index (χ0) is 24.3. The standard InChI is InChI=1S/C29H54NO2/c1-8-15-18-30(19-16-9-2,20-17-10-3)24-25-21-26(28(31,11-4)12-5)23-27(22-25)29(32,13-6)14-7/h21-23,31-32H,8-20,24H2,1-7H3/q+1. The summed E-state index contributed by atoms with van der Waals surface area (Å²) in [5, 5.41) is 22.8. The van der Waals surface area contributed by atoms with Crippen molar-refractivity contribution in [2.24, 2.45) is 0 Å². The second-order valence-electron chi connectivity index (χ2n) is 10.1. The average molecular weight is 449 g/mol. The van der Waals surface area contributed by atoms with E-state index < -0.39 is 11.2 Å². The predicted molar refractivity (Wildman–Crippen MR) is 139 cm³/mol. The van der Waals surface area contributed by atoms with E-state index in [1.807, 2.05) is 0 Å². The van der Waals surface area contributed by atoms with E-state index in [9.17, 15) is 10.2 Å². The number of quaternary nitrogens is 1. The monoisotopic (exact) mass is 448 g/mol. The number of unbranched alkanes of at least 4 members (excludes halogenated alkanes) is 3. The van der Waals surface area contributed by atoms with Crippen LogP contribution < -0.4 is 0 Å². The third-order valence-corrected chi connectivity index (χ3v) is 7.88. The lowest BCUT2D eigenvalue weighted by Crippen LogP contribution is -2.49. The highest BCUT2D eigenvalue weighted by Crippen LogP contribution is 2.36. The molecule has 0 radical (unpaired) electrons. The molecule has 0 fully saturated rings. The molecule has 2 N–H and O–H groups in total. The quantitative estimate of drug-likeness (QED) is 0.243. The molecule has 0 bridgehead atoms. The largest absolute Gasteiger partial charge is 0.385 e. The van der Waals surface area contributed by atoms with E-state index in [0.29, 0.717) is 25.7 Å².